The fraction of sp³-hybridized carbons (Fsp3) is 0.716. The van der Waals surface area contributed by atoms with Crippen molar-refractivity contribution in [1.82, 2.24) is 0 Å². The van der Waals surface area contributed by atoms with Gasteiger partial charge in [-0.15, -0.1) is 0 Å². The summed E-state index contributed by atoms with van der Waals surface area (Å²) in [7, 11) is 0. The Hall–Kier alpha value is -3.93. The number of allylic oxidation sites excluding steroid dienone is 18. The summed E-state index contributed by atoms with van der Waals surface area (Å²) in [5, 5.41) is 0. The Balaban J connectivity index is 4.41. The maximum Gasteiger partial charge on any atom is 0.306 e. The van der Waals surface area contributed by atoms with Crippen molar-refractivity contribution in [2.75, 3.05) is 13.2 Å². The van der Waals surface area contributed by atoms with E-state index in [1.807, 2.05) is 0 Å². The molecule has 80 heavy (non-hydrogen) atoms. The minimum Gasteiger partial charge on any atom is -0.462 e. The van der Waals surface area contributed by atoms with Crippen molar-refractivity contribution in [3.8, 4) is 0 Å². The number of hydrogen-bond acceptors (Lipinski definition) is 6. The predicted molar refractivity (Wildman–Crippen MR) is 348 cm³/mol. The lowest BCUT2D eigenvalue weighted by atomic mass is 10.1. The zero-order chi connectivity index (χ0) is 57.8. The van der Waals surface area contributed by atoms with Crippen LogP contribution in [0.2, 0.25) is 0 Å². The molecule has 0 heterocycles. The number of rotatable bonds is 61. The van der Waals surface area contributed by atoms with E-state index in [1.165, 1.54) is 161 Å². The third-order valence-corrected chi connectivity index (χ3v) is 14.5. The van der Waals surface area contributed by atoms with E-state index in [2.05, 4.69) is 130 Å². The standard InChI is InChI=1S/C74H126O6/c1-4-7-10-13-16-19-22-25-28-31-34-35-36-37-38-39-41-43-46-49-52-55-58-61-64-67-73(76)79-70-71(69-78-72(75)66-63-60-57-54-51-48-45-42-33-30-27-24-21-18-15-12-9-6-3)80-74(77)68-65-62-59-56-53-50-47-44-40-32-29-26-23-20-17-14-11-8-5-2/h7,10,16-17,19-20,25-26,28-30,33-35,37-38,40,44,71H,4-6,8-9,11-15,18,21-24,27,31-32,36,39,41-43,45-70H2,1-3H3/b10-7-,19-16-,20-17-,28-25-,29-26-,33-30-,35-34-,38-37-,44-40-. The molecule has 0 fully saturated rings. The molecule has 0 aromatic rings. The van der Waals surface area contributed by atoms with Gasteiger partial charge in [-0.3, -0.25) is 14.4 Å². The summed E-state index contributed by atoms with van der Waals surface area (Å²) >= 11 is 0. The number of carbonyl (C=O) groups is 3. The van der Waals surface area contributed by atoms with Gasteiger partial charge in [0.1, 0.15) is 13.2 Å². The molecule has 0 aliphatic heterocycles. The summed E-state index contributed by atoms with van der Waals surface area (Å²) < 4.78 is 17.0. The largest absolute Gasteiger partial charge is 0.462 e. The molecule has 0 radical (unpaired) electrons. The van der Waals surface area contributed by atoms with E-state index >= 15 is 0 Å². The van der Waals surface area contributed by atoms with Crippen molar-refractivity contribution < 1.29 is 28.6 Å². The maximum absolute atomic E-state index is 12.9. The van der Waals surface area contributed by atoms with Crippen LogP contribution in [0.5, 0.6) is 0 Å². The molecule has 0 rings (SSSR count). The third-order valence-electron chi connectivity index (χ3n) is 14.5. The van der Waals surface area contributed by atoms with Gasteiger partial charge in [-0.05, 0) is 128 Å². The summed E-state index contributed by atoms with van der Waals surface area (Å²) in [5.41, 5.74) is 0. The van der Waals surface area contributed by atoms with Crippen molar-refractivity contribution in [1.29, 1.82) is 0 Å². The molecule has 6 nitrogen and oxygen atoms in total. The summed E-state index contributed by atoms with van der Waals surface area (Å²) in [5.74, 6) is -0.899. The quantitative estimate of drug-likeness (QED) is 0.0261. The van der Waals surface area contributed by atoms with Gasteiger partial charge in [0.25, 0.3) is 0 Å². The SMILES string of the molecule is CC/C=C\C/C=C\C/C=C\C/C=C\C/C=C\CCCCCCCCCCCC(=O)OCC(COC(=O)CCCCCCCCC/C=C\CCCCCCCCC)OC(=O)CCCCCCCC/C=C\C/C=C\C/C=C\CCCCC. The number of hydrogen-bond donors (Lipinski definition) is 0. The van der Waals surface area contributed by atoms with E-state index < -0.39 is 6.10 Å². The molecule has 0 bridgehead atoms. The van der Waals surface area contributed by atoms with Gasteiger partial charge >= 0.3 is 17.9 Å². The van der Waals surface area contributed by atoms with Gasteiger partial charge in [0.05, 0.1) is 0 Å². The normalized spacial score (nSPS) is 12.8. The Bertz CT molecular complexity index is 1610. The van der Waals surface area contributed by atoms with E-state index in [0.29, 0.717) is 19.3 Å². The molecular formula is C74H126O6. The Morgan fingerprint density at radius 1 is 0.263 bits per heavy atom. The van der Waals surface area contributed by atoms with Crippen LogP contribution < -0.4 is 0 Å². The molecule has 1 atom stereocenters. The average molecular weight is 1110 g/mol. The summed E-state index contributed by atoms with van der Waals surface area (Å²) in [6.45, 7) is 6.51. The van der Waals surface area contributed by atoms with Gasteiger partial charge in [-0.1, -0.05) is 284 Å². The van der Waals surface area contributed by atoms with Crippen LogP contribution in [0, 0.1) is 0 Å². The minimum absolute atomic E-state index is 0.0873. The summed E-state index contributed by atoms with van der Waals surface area (Å²) in [4.78, 5) is 38.4. The molecule has 0 aromatic heterocycles. The minimum atomic E-state index is -0.793. The van der Waals surface area contributed by atoms with E-state index in [-0.39, 0.29) is 31.1 Å². The van der Waals surface area contributed by atoms with Gasteiger partial charge in [0, 0.05) is 19.3 Å². The topological polar surface area (TPSA) is 78.9 Å². The van der Waals surface area contributed by atoms with Crippen LogP contribution in [0.1, 0.15) is 323 Å². The fourth-order valence-electron chi connectivity index (χ4n) is 9.41. The van der Waals surface area contributed by atoms with Gasteiger partial charge < -0.3 is 14.2 Å². The highest BCUT2D eigenvalue weighted by atomic mass is 16.6. The Morgan fingerprint density at radius 3 is 0.800 bits per heavy atom. The van der Waals surface area contributed by atoms with Gasteiger partial charge in [0.2, 0.25) is 0 Å². The third kappa shape index (κ3) is 64.9. The highest BCUT2D eigenvalue weighted by Crippen LogP contribution is 2.16. The molecular weight excluding hydrogens is 985 g/mol. The number of unbranched alkanes of at least 4 members (excludes halogenated alkanes) is 32. The highest BCUT2D eigenvalue weighted by Gasteiger charge is 2.19. The van der Waals surface area contributed by atoms with Crippen LogP contribution in [0.15, 0.2) is 109 Å². The lowest BCUT2D eigenvalue weighted by Crippen LogP contribution is -2.30. The monoisotopic (exact) mass is 1110 g/mol. The van der Waals surface area contributed by atoms with Gasteiger partial charge in [-0.2, -0.15) is 0 Å². The molecule has 1 unspecified atom stereocenters. The molecule has 0 saturated heterocycles. The Kier molecular flexibility index (Phi) is 64.3. The second kappa shape index (κ2) is 67.6. The molecule has 6 heteroatoms. The second-order valence-electron chi connectivity index (χ2n) is 22.3. The van der Waals surface area contributed by atoms with Gasteiger partial charge in [-0.25, -0.2) is 0 Å². The first-order chi connectivity index (χ1) is 39.5. The van der Waals surface area contributed by atoms with Crippen molar-refractivity contribution >= 4 is 17.9 Å². The second-order valence-corrected chi connectivity index (χ2v) is 22.3. The van der Waals surface area contributed by atoms with Crippen molar-refractivity contribution in [3.63, 3.8) is 0 Å². The number of carbonyl (C=O) groups excluding carboxylic acids is 3. The van der Waals surface area contributed by atoms with Crippen molar-refractivity contribution in [2.45, 2.75) is 329 Å². The lowest BCUT2D eigenvalue weighted by molar-refractivity contribution is -0.167. The van der Waals surface area contributed by atoms with Crippen LogP contribution in [-0.2, 0) is 28.6 Å². The molecule has 0 amide bonds. The van der Waals surface area contributed by atoms with E-state index in [1.54, 1.807) is 0 Å². The molecule has 0 saturated carbocycles. The van der Waals surface area contributed by atoms with Crippen LogP contribution in [0.25, 0.3) is 0 Å². The summed E-state index contributed by atoms with van der Waals surface area (Å²) in [6.07, 6.45) is 92.3. The molecule has 0 aliphatic rings. The smallest absolute Gasteiger partial charge is 0.306 e. The first-order valence-corrected chi connectivity index (χ1v) is 33.9. The fourth-order valence-corrected chi connectivity index (χ4v) is 9.41. The van der Waals surface area contributed by atoms with Crippen LogP contribution in [0.3, 0.4) is 0 Å². The molecule has 458 valence electrons. The molecule has 0 spiro atoms. The lowest BCUT2D eigenvalue weighted by Gasteiger charge is -2.18. The van der Waals surface area contributed by atoms with Crippen molar-refractivity contribution in [3.05, 3.63) is 109 Å². The van der Waals surface area contributed by atoms with E-state index in [4.69, 9.17) is 14.2 Å². The van der Waals surface area contributed by atoms with E-state index in [0.717, 1.165) is 122 Å². The van der Waals surface area contributed by atoms with Gasteiger partial charge in [0.15, 0.2) is 6.10 Å². The first kappa shape index (κ1) is 76.1. The molecule has 0 aromatic carbocycles. The number of esters is 3. The Labute approximate surface area is 495 Å². The zero-order valence-corrected chi connectivity index (χ0v) is 52.6. The summed E-state index contributed by atoms with van der Waals surface area (Å²) in [6, 6.07) is 0. The zero-order valence-electron chi connectivity index (χ0n) is 52.6. The van der Waals surface area contributed by atoms with Crippen LogP contribution in [-0.4, -0.2) is 37.2 Å². The predicted octanol–water partition coefficient (Wildman–Crippen LogP) is 23.4. The average Bonchev–Trinajstić information content (AvgIpc) is 3.46. The maximum atomic E-state index is 12.9. The number of ether oxygens (including phenoxy) is 3. The Morgan fingerprint density at radius 2 is 0.487 bits per heavy atom. The van der Waals surface area contributed by atoms with Crippen LogP contribution in [0.4, 0.5) is 0 Å². The molecule has 0 aliphatic carbocycles. The van der Waals surface area contributed by atoms with E-state index in [9.17, 15) is 14.4 Å². The molecule has 0 N–H and O–H groups in total. The van der Waals surface area contributed by atoms with Crippen LogP contribution >= 0.6 is 0 Å². The van der Waals surface area contributed by atoms with Crippen molar-refractivity contribution in [2.24, 2.45) is 0 Å². The highest BCUT2D eigenvalue weighted by molar-refractivity contribution is 5.71. The first-order valence-electron chi connectivity index (χ1n) is 33.9.